The SMILES string of the molecule is COC(=O)C(C)=CC=C(C)C(=O)O.[NaH].[NaH]. The number of ether oxygens (including phenoxy) is 1. The van der Waals surface area contributed by atoms with E-state index in [1.54, 1.807) is 6.92 Å². The first-order valence-electron chi connectivity index (χ1n) is 3.65. The minimum absolute atomic E-state index is 0. The average Bonchev–Trinajstić information content (AvgIpc) is 2.11. The maximum atomic E-state index is 10.8. The summed E-state index contributed by atoms with van der Waals surface area (Å²) in [4.78, 5) is 21.2. The molecule has 4 nitrogen and oxygen atoms in total. The van der Waals surface area contributed by atoms with Gasteiger partial charge in [-0.1, -0.05) is 12.2 Å². The second kappa shape index (κ2) is 10.9. The summed E-state index contributed by atoms with van der Waals surface area (Å²) in [6.07, 6.45) is 2.77. The van der Waals surface area contributed by atoms with Gasteiger partial charge in [-0.25, -0.2) is 9.59 Å². The van der Waals surface area contributed by atoms with Crippen molar-refractivity contribution in [2.45, 2.75) is 13.8 Å². The Balaban J connectivity index is -0.000000720. The first-order chi connectivity index (χ1) is 5.99. The van der Waals surface area contributed by atoms with Gasteiger partial charge in [-0.2, -0.15) is 0 Å². The van der Waals surface area contributed by atoms with Gasteiger partial charge in [0.1, 0.15) is 0 Å². The molecular weight excluding hydrogens is 218 g/mol. The Morgan fingerprint density at radius 3 is 1.80 bits per heavy atom. The normalized spacial score (nSPS) is 10.9. The number of carbonyl (C=O) groups excluding carboxylic acids is 1. The van der Waals surface area contributed by atoms with Crippen LogP contribution in [0.3, 0.4) is 0 Å². The van der Waals surface area contributed by atoms with Gasteiger partial charge in [0.2, 0.25) is 0 Å². The third kappa shape index (κ3) is 9.35. The number of rotatable bonds is 3. The van der Waals surface area contributed by atoms with E-state index in [1.165, 1.54) is 26.2 Å². The molecule has 0 aliphatic carbocycles. The number of hydrogen-bond donors (Lipinski definition) is 1. The zero-order valence-electron chi connectivity index (χ0n) is 7.83. The summed E-state index contributed by atoms with van der Waals surface area (Å²) in [5.41, 5.74) is 0.534. The number of esters is 1. The second-order valence-corrected chi connectivity index (χ2v) is 2.50. The Morgan fingerprint density at radius 2 is 1.47 bits per heavy atom. The van der Waals surface area contributed by atoms with Crippen LogP contribution in [0.15, 0.2) is 23.3 Å². The molecule has 0 saturated carbocycles. The molecule has 0 spiro atoms. The molecule has 0 amide bonds. The molecule has 0 fully saturated rings. The van der Waals surface area contributed by atoms with Crippen LogP contribution in [0.2, 0.25) is 0 Å². The van der Waals surface area contributed by atoms with Crippen LogP contribution in [0, 0.1) is 0 Å². The van der Waals surface area contributed by atoms with E-state index in [4.69, 9.17) is 5.11 Å². The van der Waals surface area contributed by atoms with E-state index in [9.17, 15) is 9.59 Å². The number of carboxylic acid groups (broad SMARTS) is 1. The standard InChI is InChI=1S/C9H12O4.2Na.2H/c1-6(8(10)11)4-5-7(2)9(12)13-3;;;;/h4-5H,1-3H3,(H,10,11);;;;. The van der Waals surface area contributed by atoms with Crippen molar-refractivity contribution in [1.82, 2.24) is 0 Å². The van der Waals surface area contributed by atoms with E-state index in [-0.39, 0.29) is 64.7 Å². The van der Waals surface area contributed by atoms with Crippen LogP contribution in [0.5, 0.6) is 0 Å². The van der Waals surface area contributed by atoms with Crippen molar-refractivity contribution >= 4 is 71.1 Å². The van der Waals surface area contributed by atoms with E-state index in [0.717, 1.165) is 0 Å². The number of allylic oxidation sites excluding steroid dienone is 2. The van der Waals surface area contributed by atoms with Crippen molar-refractivity contribution in [2.24, 2.45) is 0 Å². The molecule has 15 heavy (non-hydrogen) atoms. The van der Waals surface area contributed by atoms with Gasteiger partial charge in [0, 0.05) is 11.1 Å². The van der Waals surface area contributed by atoms with E-state index < -0.39 is 11.9 Å². The summed E-state index contributed by atoms with van der Waals surface area (Å²) in [6.45, 7) is 3.00. The number of carbonyl (C=O) groups is 2. The summed E-state index contributed by atoms with van der Waals surface area (Å²) >= 11 is 0. The molecule has 6 heteroatoms. The molecule has 0 aliphatic rings. The van der Waals surface area contributed by atoms with Crippen molar-refractivity contribution in [3.05, 3.63) is 23.3 Å². The molecule has 0 aromatic rings. The molecule has 0 heterocycles. The van der Waals surface area contributed by atoms with Gasteiger partial charge < -0.3 is 9.84 Å². The van der Waals surface area contributed by atoms with Crippen molar-refractivity contribution in [1.29, 1.82) is 0 Å². The van der Waals surface area contributed by atoms with Crippen LogP contribution in [-0.2, 0) is 14.3 Å². The third-order valence-electron chi connectivity index (χ3n) is 1.43. The van der Waals surface area contributed by atoms with Gasteiger partial charge in [0.05, 0.1) is 7.11 Å². The van der Waals surface area contributed by atoms with Crippen molar-refractivity contribution in [3.8, 4) is 0 Å². The second-order valence-electron chi connectivity index (χ2n) is 2.50. The Bertz CT molecular complexity index is 282. The van der Waals surface area contributed by atoms with Crippen LogP contribution in [0.25, 0.3) is 0 Å². The molecular formula is C9H14Na2O4. The van der Waals surface area contributed by atoms with Gasteiger partial charge >= 0.3 is 71.1 Å². The van der Waals surface area contributed by atoms with Crippen LogP contribution < -0.4 is 0 Å². The Hall–Kier alpha value is 0.420. The van der Waals surface area contributed by atoms with Gasteiger partial charge in [0.15, 0.2) is 0 Å². The molecule has 0 rings (SSSR count). The molecule has 0 unspecified atom stereocenters. The zero-order valence-corrected chi connectivity index (χ0v) is 7.83. The van der Waals surface area contributed by atoms with E-state index >= 15 is 0 Å². The average molecular weight is 232 g/mol. The molecule has 0 aromatic carbocycles. The van der Waals surface area contributed by atoms with Crippen LogP contribution >= 0.6 is 0 Å². The molecule has 0 aromatic heterocycles. The van der Waals surface area contributed by atoms with E-state index in [0.29, 0.717) is 5.57 Å². The number of methoxy groups -OCH3 is 1. The number of aliphatic carboxylic acids is 1. The van der Waals surface area contributed by atoms with Crippen molar-refractivity contribution in [2.75, 3.05) is 7.11 Å². The molecule has 0 radical (unpaired) electrons. The first kappa shape index (κ1) is 20.8. The fraction of sp³-hybridized carbons (Fsp3) is 0.333. The van der Waals surface area contributed by atoms with Gasteiger partial charge in [-0.3, -0.25) is 0 Å². The monoisotopic (exact) mass is 232 g/mol. The molecule has 0 aliphatic heterocycles. The minimum atomic E-state index is -1.01. The van der Waals surface area contributed by atoms with E-state index in [1.807, 2.05) is 0 Å². The summed E-state index contributed by atoms with van der Waals surface area (Å²) in [5.74, 6) is -1.47. The quantitative estimate of drug-likeness (QED) is 0.318. The Labute approximate surface area is 133 Å². The summed E-state index contributed by atoms with van der Waals surface area (Å²) in [7, 11) is 1.27. The third-order valence-corrected chi connectivity index (χ3v) is 1.43. The van der Waals surface area contributed by atoms with Crippen LogP contribution in [-0.4, -0.2) is 83.3 Å². The summed E-state index contributed by atoms with van der Waals surface area (Å²) in [6, 6.07) is 0. The molecule has 0 atom stereocenters. The predicted octanol–water partition coefficient (Wildman–Crippen LogP) is -0.160. The Kier molecular flexibility index (Phi) is 15.1. The fourth-order valence-electron chi connectivity index (χ4n) is 0.550. The van der Waals surface area contributed by atoms with Crippen LogP contribution in [0.4, 0.5) is 0 Å². The first-order valence-corrected chi connectivity index (χ1v) is 3.65. The topological polar surface area (TPSA) is 63.6 Å². The number of carboxylic acids is 1. The van der Waals surface area contributed by atoms with Crippen LogP contribution in [0.1, 0.15) is 13.8 Å². The van der Waals surface area contributed by atoms with Gasteiger partial charge in [-0.05, 0) is 13.8 Å². The predicted molar refractivity (Wildman–Crippen MR) is 61.5 cm³/mol. The van der Waals surface area contributed by atoms with Crippen molar-refractivity contribution < 1.29 is 19.4 Å². The maximum absolute atomic E-state index is 10.8. The molecule has 76 valence electrons. The Morgan fingerprint density at radius 1 is 1.07 bits per heavy atom. The number of hydrogen-bond acceptors (Lipinski definition) is 3. The fourth-order valence-corrected chi connectivity index (χ4v) is 0.550. The van der Waals surface area contributed by atoms with Gasteiger partial charge in [0.25, 0.3) is 0 Å². The van der Waals surface area contributed by atoms with Gasteiger partial charge in [-0.15, -0.1) is 0 Å². The van der Waals surface area contributed by atoms with E-state index in [2.05, 4.69) is 4.74 Å². The molecule has 0 saturated heterocycles. The zero-order chi connectivity index (χ0) is 10.4. The molecule has 1 N–H and O–H groups in total. The van der Waals surface area contributed by atoms with Crippen molar-refractivity contribution in [3.63, 3.8) is 0 Å². The molecule has 0 bridgehead atoms. The summed E-state index contributed by atoms with van der Waals surface area (Å²) < 4.78 is 4.42. The summed E-state index contributed by atoms with van der Waals surface area (Å²) in [5, 5.41) is 8.48.